The fourth-order valence-corrected chi connectivity index (χ4v) is 2.98. The quantitative estimate of drug-likeness (QED) is 0.691. The molecular formula is C20H26N4O. The molecule has 0 amide bonds. The number of fused-ring (bicyclic) bond motifs is 1. The molecule has 0 bridgehead atoms. The van der Waals surface area contributed by atoms with E-state index in [9.17, 15) is 5.11 Å². The van der Waals surface area contributed by atoms with Gasteiger partial charge in [0.25, 0.3) is 0 Å². The van der Waals surface area contributed by atoms with Crippen LogP contribution in [0.2, 0.25) is 0 Å². The zero-order valence-corrected chi connectivity index (χ0v) is 15.1. The first-order valence-electron chi connectivity index (χ1n) is 8.83. The number of hydrogen-bond donors (Lipinski definition) is 2. The number of aliphatic hydroxyl groups excluding tert-OH is 1. The van der Waals surface area contributed by atoms with E-state index in [1.165, 1.54) is 0 Å². The summed E-state index contributed by atoms with van der Waals surface area (Å²) in [5.41, 5.74) is 3.00. The van der Waals surface area contributed by atoms with E-state index < -0.39 is 6.10 Å². The highest BCUT2D eigenvalue weighted by Crippen LogP contribution is 2.19. The van der Waals surface area contributed by atoms with E-state index in [0.29, 0.717) is 12.5 Å². The van der Waals surface area contributed by atoms with Crippen LogP contribution >= 0.6 is 0 Å². The van der Waals surface area contributed by atoms with Gasteiger partial charge >= 0.3 is 0 Å². The van der Waals surface area contributed by atoms with Crippen LogP contribution in [0.5, 0.6) is 0 Å². The topological polar surface area (TPSA) is 63.0 Å². The van der Waals surface area contributed by atoms with E-state index in [0.717, 1.165) is 28.7 Å². The molecule has 5 heteroatoms. The molecule has 5 nitrogen and oxygen atoms in total. The molecule has 0 saturated heterocycles. The molecule has 3 aromatic rings. The zero-order valence-electron chi connectivity index (χ0n) is 15.1. The van der Waals surface area contributed by atoms with E-state index in [-0.39, 0.29) is 6.04 Å². The van der Waals surface area contributed by atoms with Crippen LogP contribution in [0.25, 0.3) is 11.0 Å². The number of pyridine rings is 1. The summed E-state index contributed by atoms with van der Waals surface area (Å²) in [7, 11) is 0. The maximum atomic E-state index is 10.3. The van der Waals surface area contributed by atoms with Crippen molar-refractivity contribution in [3.63, 3.8) is 0 Å². The molecule has 132 valence electrons. The lowest BCUT2D eigenvalue weighted by Crippen LogP contribution is -2.27. The highest BCUT2D eigenvalue weighted by Gasteiger charge is 2.12. The Hall–Kier alpha value is -2.24. The van der Waals surface area contributed by atoms with Gasteiger partial charge in [-0.3, -0.25) is 0 Å². The van der Waals surface area contributed by atoms with Gasteiger partial charge in [0.2, 0.25) is 0 Å². The SMILES string of the molecule is CC(CC(O)c1ccccc1)NCc1cnc2c(cnn2C(C)C)c1. The lowest BCUT2D eigenvalue weighted by molar-refractivity contribution is 0.154. The van der Waals surface area contributed by atoms with Crippen LogP contribution in [-0.4, -0.2) is 25.9 Å². The van der Waals surface area contributed by atoms with Crippen molar-refractivity contribution in [3.8, 4) is 0 Å². The molecule has 2 atom stereocenters. The number of hydrogen-bond acceptors (Lipinski definition) is 4. The average molecular weight is 338 g/mol. The number of aliphatic hydroxyl groups is 1. The molecule has 2 aromatic heterocycles. The Morgan fingerprint density at radius 2 is 1.88 bits per heavy atom. The second-order valence-corrected chi connectivity index (χ2v) is 6.88. The molecule has 0 spiro atoms. The van der Waals surface area contributed by atoms with Crippen LogP contribution in [0, 0.1) is 0 Å². The van der Waals surface area contributed by atoms with Gasteiger partial charge in [0.1, 0.15) is 0 Å². The minimum absolute atomic E-state index is 0.198. The van der Waals surface area contributed by atoms with Crippen molar-refractivity contribution in [3.05, 3.63) is 59.9 Å². The van der Waals surface area contributed by atoms with Gasteiger partial charge in [-0.25, -0.2) is 9.67 Å². The summed E-state index contributed by atoms with van der Waals surface area (Å²) in [5.74, 6) is 0. The van der Waals surface area contributed by atoms with Crippen molar-refractivity contribution in [1.82, 2.24) is 20.1 Å². The molecule has 1 aromatic carbocycles. The number of rotatable bonds is 7. The minimum Gasteiger partial charge on any atom is -0.388 e. The average Bonchev–Trinajstić information content (AvgIpc) is 3.04. The molecule has 0 aliphatic carbocycles. The minimum atomic E-state index is -0.450. The standard InChI is InChI=1S/C20H26N4O/c1-14(2)24-20-18(13-23-24)10-16(12-22-20)11-21-15(3)9-19(25)17-7-5-4-6-8-17/h4-8,10,12-15,19,21,25H,9,11H2,1-3H3. The fraction of sp³-hybridized carbons (Fsp3) is 0.400. The van der Waals surface area contributed by atoms with Crippen LogP contribution in [0.15, 0.2) is 48.8 Å². The summed E-state index contributed by atoms with van der Waals surface area (Å²) in [6, 6.07) is 12.4. The summed E-state index contributed by atoms with van der Waals surface area (Å²) in [6.07, 6.45) is 3.99. The van der Waals surface area contributed by atoms with E-state index in [1.807, 2.05) is 47.4 Å². The number of nitrogens with one attached hydrogen (secondary N) is 1. The maximum Gasteiger partial charge on any atom is 0.157 e. The van der Waals surface area contributed by atoms with Gasteiger partial charge in [0.05, 0.1) is 12.3 Å². The third-order valence-electron chi connectivity index (χ3n) is 4.39. The summed E-state index contributed by atoms with van der Waals surface area (Å²) in [6.45, 7) is 7.01. The predicted octanol–water partition coefficient (Wildman–Crippen LogP) is 3.61. The summed E-state index contributed by atoms with van der Waals surface area (Å²) in [4.78, 5) is 4.56. The van der Waals surface area contributed by atoms with Crippen molar-refractivity contribution in [2.24, 2.45) is 0 Å². The Bertz CT molecular complexity index is 813. The second kappa shape index (κ2) is 7.76. The van der Waals surface area contributed by atoms with Gasteiger partial charge < -0.3 is 10.4 Å². The first-order valence-corrected chi connectivity index (χ1v) is 8.83. The van der Waals surface area contributed by atoms with Gasteiger partial charge in [-0.15, -0.1) is 0 Å². The molecule has 2 unspecified atom stereocenters. The molecule has 0 radical (unpaired) electrons. The molecule has 0 aliphatic heterocycles. The first kappa shape index (κ1) is 17.6. The number of benzene rings is 1. The Morgan fingerprint density at radius 1 is 1.12 bits per heavy atom. The third kappa shape index (κ3) is 4.24. The molecule has 0 saturated carbocycles. The van der Waals surface area contributed by atoms with Gasteiger partial charge in [-0.1, -0.05) is 30.3 Å². The van der Waals surface area contributed by atoms with Crippen molar-refractivity contribution in [2.75, 3.05) is 0 Å². The van der Waals surface area contributed by atoms with Crippen LogP contribution in [-0.2, 0) is 6.54 Å². The Kier molecular flexibility index (Phi) is 5.46. The van der Waals surface area contributed by atoms with Crippen LogP contribution in [0.3, 0.4) is 0 Å². The normalized spacial score (nSPS) is 14.1. The number of aromatic nitrogens is 3. The summed E-state index contributed by atoms with van der Waals surface area (Å²) in [5, 5.41) is 19.3. The Labute approximate surface area is 148 Å². The summed E-state index contributed by atoms with van der Waals surface area (Å²) < 4.78 is 1.94. The van der Waals surface area contributed by atoms with E-state index in [2.05, 4.69) is 42.2 Å². The molecule has 2 N–H and O–H groups in total. The van der Waals surface area contributed by atoms with Gasteiger partial charge in [-0.05, 0) is 44.4 Å². The Morgan fingerprint density at radius 3 is 2.60 bits per heavy atom. The molecular weight excluding hydrogens is 312 g/mol. The van der Waals surface area contributed by atoms with Gasteiger partial charge in [-0.2, -0.15) is 5.10 Å². The van der Waals surface area contributed by atoms with Crippen molar-refractivity contribution in [1.29, 1.82) is 0 Å². The van der Waals surface area contributed by atoms with Crippen LogP contribution < -0.4 is 5.32 Å². The lowest BCUT2D eigenvalue weighted by Gasteiger charge is -2.18. The zero-order chi connectivity index (χ0) is 17.8. The lowest BCUT2D eigenvalue weighted by atomic mass is 10.0. The molecule has 0 aliphatic rings. The van der Waals surface area contributed by atoms with Crippen molar-refractivity contribution in [2.45, 2.75) is 51.9 Å². The summed E-state index contributed by atoms with van der Waals surface area (Å²) >= 11 is 0. The van der Waals surface area contributed by atoms with Gasteiger partial charge in [0.15, 0.2) is 5.65 Å². The Balaban J connectivity index is 1.58. The van der Waals surface area contributed by atoms with E-state index in [4.69, 9.17) is 0 Å². The largest absolute Gasteiger partial charge is 0.388 e. The molecule has 25 heavy (non-hydrogen) atoms. The molecule has 0 fully saturated rings. The van der Waals surface area contributed by atoms with Crippen LogP contribution in [0.1, 0.15) is 50.5 Å². The highest BCUT2D eigenvalue weighted by molar-refractivity contribution is 5.75. The van der Waals surface area contributed by atoms with E-state index >= 15 is 0 Å². The van der Waals surface area contributed by atoms with Crippen molar-refractivity contribution >= 4 is 11.0 Å². The first-order chi connectivity index (χ1) is 12.0. The smallest absolute Gasteiger partial charge is 0.157 e. The second-order valence-electron chi connectivity index (χ2n) is 6.88. The predicted molar refractivity (Wildman–Crippen MR) is 100 cm³/mol. The van der Waals surface area contributed by atoms with Crippen molar-refractivity contribution < 1.29 is 5.11 Å². The monoisotopic (exact) mass is 338 g/mol. The van der Waals surface area contributed by atoms with Crippen LogP contribution in [0.4, 0.5) is 0 Å². The van der Waals surface area contributed by atoms with E-state index in [1.54, 1.807) is 0 Å². The van der Waals surface area contributed by atoms with Gasteiger partial charge in [0, 0.05) is 30.2 Å². The maximum absolute atomic E-state index is 10.3. The third-order valence-corrected chi connectivity index (χ3v) is 4.39. The highest BCUT2D eigenvalue weighted by atomic mass is 16.3. The fourth-order valence-electron chi connectivity index (χ4n) is 2.98. The molecule has 3 rings (SSSR count). The number of nitrogens with zero attached hydrogens (tertiary/aromatic N) is 3. The molecule has 2 heterocycles.